The first-order valence-corrected chi connectivity index (χ1v) is 17.9. The second-order valence-corrected chi connectivity index (χ2v) is 14.0. The molecule has 10 rings (SSSR count). The predicted molar refractivity (Wildman–Crippen MR) is 217 cm³/mol. The number of fused-ring (bicyclic) bond motifs is 8. The third kappa shape index (κ3) is 4.76. The lowest BCUT2D eigenvalue weighted by atomic mass is 9.96. The second-order valence-electron chi connectivity index (χ2n) is 12.9. The van der Waals surface area contributed by atoms with Gasteiger partial charge in [0.05, 0.1) is 0 Å². The molecule has 0 fully saturated rings. The molecule has 50 heavy (non-hydrogen) atoms. The standard InChI is InChI=1S/C48H31NS/c1-2-10-32(11-3-1)33-20-24-37(25-21-33)49(39-26-29-41-36(31-39)23-28-43-40-15-5-4-12-34(40)22-27-44(41)43)38-14-8-13-35(30-38)42-17-9-18-46-45-16-6-7-19-47(45)50-48(42)46/h1-31H. The number of nitrogens with zero attached hydrogens (tertiary/aromatic N) is 1. The Hall–Kier alpha value is -6.22. The van der Waals surface area contributed by atoms with Gasteiger partial charge in [0.15, 0.2) is 0 Å². The summed E-state index contributed by atoms with van der Waals surface area (Å²) in [4.78, 5) is 2.40. The van der Waals surface area contributed by atoms with Gasteiger partial charge in [-0.25, -0.2) is 0 Å². The van der Waals surface area contributed by atoms with Crippen LogP contribution in [0.25, 0.3) is 74.7 Å². The van der Waals surface area contributed by atoms with Gasteiger partial charge < -0.3 is 4.90 Å². The van der Waals surface area contributed by atoms with Crippen LogP contribution in [0.2, 0.25) is 0 Å². The molecule has 0 spiro atoms. The van der Waals surface area contributed by atoms with Crippen LogP contribution in [0.4, 0.5) is 17.1 Å². The van der Waals surface area contributed by atoms with E-state index in [1.807, 2.05) is 11.3 Å². The largest absolute Gasteiger partial charge is 0.310 e. The van der Waals surface area contributed by atoms with Gasteiger partial charge in [-0.15, -0.1) is 11.3 Å². The van der Waals surface area contributed by atoms with Gasteiger partial charge in [0, 0.05) is 37.2 Å². The SMILES string of the molecule is c1ccc(-c2ccc(N(c3cccc(-c4cccc5c4sc4ccccc45)c3)c3ccc4c(ccc5c6ccccc6ccc45)c3)cc2)cc1. The second kappa shape index (κ2) is 11.7. The van der Waals surface area contributed by atoms with Crippen molar-refractivity contribution in [2.45, 2.75) is 0 Å². The molecule has 0 radical (unpaired) electrons. The molecular weight excluding hydrogens is 623 g/mol. The average Bonchev–Trinajstić information content (AvgIpc) is 3.57. The van der Waals surface area contributed by atoms with Crippen molar-refractivity contribution in [2.24, 2.45) is 0 Å². The first-order valence-electron chi connectivity index (χ1n) is 17.1. The maximum Gasteiger partial charge on any atom is 0.0468 e. The molecule has 1 nitrogen and oxygen atoms in total. The van der Waals surface area contributed by atoms with Crippen molar-refractivity contribution in [2.75, 3.05) is 4.90 Å². The molecule has 0 bridgehead atoms. The van der Waals surface area contributed by atoms with E-state index in [2.05, 4.69) is 193 Å². The minimum Gasteiger partial charge on any atom is -0.310 e. The van der Waals surface area contributed by atoms with Crippen LogP contribution < -0.4 is 4.90 Å². The van der Waals surface area contributed by atoms with Crippen molar-refractivity contribution in [3.63, 3.8) is 0 Å². The highest BCUT2D eigenvalue weighted by Gasteiger charge is 2.17. The quantitative estimate of drug-likeness (QED) is 0.167. The van der Waals surface area contributed by atoms with Gasteiger partial charge in [-0.3, -0.25) is 0 Å². The molecule has 234 valence electrons. The Morgan fingerprint density at radius 3 is 1.78 bits per heavy atom. The molecule has 0 saturated heterocycles. The third-order valence-corrected chi connectivity index (χ3v) is 11.3. The van der Waals surface area contributed by atoms with Crippen LogP contribution in [0.15, 0.2) is 188 Å². The van der Waals surface area contributed by atoms with Crippen molar-refractivity contribution in [3.8, 4) is 22.3 Å². The normalized spacial score (nSPS) is 11.6. The highest BCUT2D eigenvalue weighted by Crippen LogP contribution is 2.43. The fraction of sp³-hybridized carbons (Fsp3) is 0. The number of hydrogen-bond donors (Lipinski definition) is 0. The van der Waals surface area contributed by atoms with Crippen molar-refractivity contribution in [1.29, 1.82) is 0 Å². The zero-order valence-electron chi connectivity index (χ0n) is 27.3. The smallest absolute Gasteiger partial charge is 0.0468 e. The van der Waals surface area contributed by atoms with Crippen LogP contribution in [0, 0.1) is 0 Å². The Morgan fingerprint density at radius 1 is 0.320 bits per heavy atom. The van der Waals surface area contributed by atoms with E-state index >= 15 is 0 Å². The fourth-order valence-electron chi connectivity index (χ4n) is 7.62. The van der Waals surface area contributed by atoms with E-state index in [9.17, 15) is 0 Å². The summed E-state index contributed by atoms with van der Waals surface area (Å²) >= 11 is 1.88. The molecule has 0 saturated carbocycles. The van der Waals surface area contributed by atoms with E-state index in [0.717, 1.165) is 17.1 Å². The summed E-state index contributed by atoms with van der Waals surface area (Å²) in [5, 5.41) is 10.3. The summed E-state index contributed by atoms with van der Waals surface area (Å²) in [6, 6.07) is 68.7. The third-order valence-electron chi connectivity index (χ3n) is 10.0. The van der Waals surface area contributed by atoms with Gasteiger partial charge in [0.2, 0.25) is 0 Å². The first kappa shape index (κ1) is 28.8. The predicted octanol–water partition coefficient (Wildman–Crippen LogP) is 14.3. The highest BCUT2D eigenvalue weighted by molar-refractivity contribution is 7.26. The zero-order valence-corrected chi connectivity index (χ0v) is 28.1. The summed E-state index contributed by atoms with van der Waals surface area (Å²) in [5.41, 5.74) is 8.27. The maximum absolute atomic E-state index is 2.40. The Kier molecular flexibility index (Phi) is 6.75. The molecule has 0 atom stereocenters. The van der Waals surface area contributed by atoms with Crippen molar-refractivity contribution in [3.05, 3.63) is 188 Å². The topological polar surface area (TPSA) is 3.24 Å². The van der Waals surface area contributed by atoms with Crippen LogP contribution in [-0.2, 0) is 0 Å². The minimum absolute atomic E-state index is 1.12. The molecular formula is C48H31NS. The number of hydrogen-bond acceptors (Lipinski definition) is 2. The van der Waals surface area contributed by atoms with Gasteiger partial charge in [-0.1, -0.05) is 146 Å². The van der Waals surface area contributed by atoms with E-state index in [1.54, 1.807) is 0 Å². The van der Waals surface area contributed by atoms with Crippen molar-refractivity contribution < 1.29 is 0 Å². The van der Waals surface area contributed by atoms with E-state index < -0.39 is 0 Å². The number of rotatable bonds is 5. The molecule has 0 N–H and O–H groups in total. The molecule has 0 amide bonds. The monoisotopic (exact) mass is 653 g/mol. The Bertz CT molecular complexity index is 2870. The van der Waals surface area contributed by atoms with Gasteiger partial charge in [-0.05, 0) is 97.0 Å². The number of anilines is 3. The molecule has 0 unspecified atom stereocenters. The Morgan fingerprint density at radius 2 is 0.920 bits per heavy atom. The lowest BCUT2D eigenvalue weighted by molar-refractivity contribution is 1.29. The zero-order chi connectivity index (χ0) is 33.0. The van der Waals surface area contributed by atoms with E-state index in [4.69, 9.17) is 0 Å². The van der Waals surface area contributed by atoms with Crippen LogP contribution in [0.5, 0.6) is 0 Å². The molecule has 0 aliphatic carbocycles. The molecule has 1 heterocycles. The molecule has 1 aromatic heterocycles. The van der Waals surface area contributed by atoms with Crippen molar-refractivity contribution in [1.82, 2.24) is 0 Å². The van der Waals surface area contributed by atoms with E-state index in [-0.39, 0.29) is 0 Å². The van der Waals surface area contributed by atoms with Crippen LogP contribution in [0.3, 0.4) is 0 Å². The number of benzene rings is 9. The van der Waals surface area contributed by atoms with Crippen LogP contribution in [0.1, 0.15) is 0 Å². The maximum atomic E-state index is 2.40. The van der Waals surface area contributed by atoms with Crippen LogP contribution in [-0.4, -0.2) is 0 Å². The van der Waals surface area contributed by atoms with Gasteiger partial charge in [0.25, 0.3) is 0 Å². The van der Waals surface area contributed by atoms with Gasteiger partial charge in [0.1, 0.15) is 0 Å². The fourth-order valence-corrected chi connectivity index (χ4v) is 8.86. The highest BCUT2D eigenvalue weighted by atomic mass is 32.1. The summed E-state index contributed by atoms with van der Waals surface area (Å²) in [6.45, 7) is 0. The van der Waals surface area contributed by atoms with Gasteiger partial charge >= 0.3 is 0 Å². The molecule has 10 aromatic rings. The van der Waals surface area contributed by atoms with E-state index in [0.29, 0.717) is 0 Å². The molecule has 0 aliphatic rings. The molecule has 2 heteroatoms. The summed E-state index contributed by atoms with van der Waals surface area (Å²) < 4.78 is 2.65. The van der Waals surface area contributed by atoms with Crippen molar-refractivity contribution >= 4 is 80.9 Å². The lowest BCUT2D eigenvalue weighted by Crippen LogP contribution is -2.10. The Balaban J connectivity index is 1.14. The van der Waals surface area contributed by atoms with E-state index in [1.165, 1.54) is 74.7 Å². The summed E-state index contributed by atoms with van der Waals surface area (Å²) in [7, 11) is 0. The van der Waals surface area contributed by atoms with Crippen LogP contribution >= 0.6 is 11.3 Å². The number of thiophene rings is 1. The lowest BCUT2D eigenvalue weighted by Gasteiger charge is -2.27. The molecule has 9 aromatic carbocycles. The summed E-state index contributed by atoms with van der Waals surface area (Å²) in [5.74, 6) is 0. The minimum atomic E-state index is 1.12. The first-order chi connectivity index (χ1) is 24.8. The average molecular weight is 654 g/mol. The molecule has 0 aliphatic heterocycles. The Labute approximate surface area is 294 Å². The van der Waals surface area contributed by atoms with Gasteiger partial charge in [-0.2, -0.15) is 0 Å². The summed E-state index contributed by atoms with van der Waals surface area (Å²) in [6.07, 6.45) is 0.